The minimum Gasteiger partial charge on any atom is -0.355 e. The second-order valence-corrected chi connectivity index (χ2v) is 8.39. The summed E-state index contributed by atoms with van der Waals surface area (Å²) in [7, 11) is 2.18. The van der Waals surface area contributed by atoms with E-state index in [2.05, 4.69) is 40.1 Å². The summed E-state index contributed by atoms with van der Waals surface area (Å²) in [6.07, 6.45) is 8.30. The van der Waals surface area contributed by atoms with E-state index >= 15 is 0 Å². The highest BCUT2D eigenvalue weighted by Gasteiger charge is 2.36. The number of anilines is 3. The molecule has 2 aromatic rings. The standard InChI is InChI=1S/C23H30N6/c1-16-9-10-19(13-18(16)14-24)26-23-25-15-17(2)22(27-23)28(3)20-8-6-12-29-11-5-4-7-21(20)29/h9-10,13,15,20-21H,4-8,11-12H2,1-3H3,(H,25,26,27)/t20-,21+/m0/s1. The lowest BCUT2D eigenvalue weighted by Crippen LogP contribution is -2.56. The van der Waals surface area contributed by atoms with Gasteiger partial charge in [-0.3, -0.25) is 4.90 Å². The first-order chi connectivity index (χ1) is 14.1. The lowest BCUT2D eigenvalue weighted by Gasteiger charge is -2.47. The number of fused-ring (bicyclic) bond motifs is 1. The van der Waals surface area contributed by atoms with Crippen molar-refractivity contribution in [3.63, 3.8) is 0 Å². The van der Waals surface area contributed by atoms with E-state index in [9.17, 15) is 5.26 Å². The molecule has 0 aliphatic carbocycles. The molecular weight excluding hydrogens is 360 g/mol. The number of aryl methyl sites for hydroxylation is 2. The van der Waals surface area contributed by atoms with E-state index in [4.69, 9.17) is 4.98 Å². The number of benzene rings is 1. The van der Waals surface area contributed by atoms with Gasteiger partial charge < -0.3 is 10.2 Å². The SMILES string of the molecule is Cc1ccc(Nc2ncc(C)c(N(C)[C@H]3CCCN4CCCC[C@H]34)n2)cc1C#N. The molecule has 0 unspecified atom stereocenters. The molecule has 2 aliphatic rings. The van der Waals surface area contributed by atoms with Gasteiger partial charge in [0.25, 0.3) is 0 Å². The third-order valence-electron chi connectivity index (χ3n) is 6.44. The van der Waals surface area contributed by atoms with Gasteiger partial charge in [0.2, 0.25) is 5.95 Å². The molecule has 0 amide bonds. The van der Waals surface area contributed by atoms with Crippen LogP contribution in [-0.4, -0.2) is 47.1 Å². The second-order valence-electron chi connectivity index (χ2n) is 8.39. The zero-order chi connectivity index (χ0) is 20.4. The van der Waals surface area contributed by atoms with Gasteiger partial charge in [0, 0.05) is 36.6 Å². The zero-order valence-corrected chi connectivity index (χ0v) is 17.6. The second kappa shape index (κ2) is 8.38. The van der Waals surface area contributed by atoms with E-state index in [1.54, 1.807) is 0 Å². The summed E-state index contributed by atoms with van der Waals surface area (Å²) in [5.41, 5.74) is 3.56. The molecule has 152 valence electrons. The molecule has 1 N–H and O–H groups in total. The summed E-state index contributed by atoms with van der Waals surface area (Å²) in [6, 6.07) is 9.12. The molecule has 0 saturated carbocycles. The largest absolute Gasteiger partial charge is 0.355 e. The molecule has 1 aromatic heterocycles. The molecule has 4 rings (SSSR count). The van der Waals surface area contributed by atoms with Gasteiger partial charge in [0.1, 0.15) is 5.82 Å². The topological polar surface area (TPSA) is 68.1 Å². The normalized spacial score (nSPS) is 21.9. The van der Waals surface area contributed by atoms with Crippen LogP contribution in [0.15, 0.2) is 24.4 Å². The van der Waals surface area contributed by atoms with E-state index in [0.717, 1.165) is 22.6 Å². The lowest BCUT2D eigenvalue weighted by molar-refractivity contribution is 0.0893. The van der Waals surface area contributed by atoms with E-state index in [1.807, 2.05) is 31.3 Å². The van der Waals surface area contributed by atoms with Crippen LogP contribution < -0.4 is 10.2 Å². The molecule has 1 aromatic carbocycles. The van der Waals surface area contributed by atoms with Gasteiger partial charge in [-0.25, -0.2) is 4.98 Å². The molecule has 0 spiro atoms. The lowest BCUT2D eigenvalue weighted by atomic mass is 9.88. The molecule has 6 nitrogen and oxygen atoms in total. The Balaban J connectivity index is 1.57. The predicted molar refractivity (Wildman–Crippen MR) is 117 cm³/mol. The Morgan fingerprint density at radius 3 is 2.79 bits per heavy atom. The first kappa shape index (κ1) is 19.7. The Kier molecular flexibility index (Phi) is 5.68. The summed E-state index contributed by atoms with van der Waals surface area (Å²) >= 11 is 0. The van der Waals surface area contributed by atoms with Gasteiger partial charge in [-0.2, -0.15) is 10.2 Å². The van der Waals surface area contributed by atoms with Crippen LogP contribution in [0.25, 0.3) is 0 Å². The maximum Gasteiger partial charge on any atom is 0.229 e. The molecule has 0 bridgehead atoms. The van der Waals surface area contributed by atoms with Gasteiger partial charge in [-0.05, 0) is 70.3 Å². The van der Waals surface area contributed by atoms with Gasteiger partial charge in [-0.1, -0.05) is 12.5 Å². The molecular formula is C23H30N6. The fraction of sp³-hybridized carbons (Fsp3) is 0.522. The molecule has 2 fully saturated rings. The molecule has 2 atom stereocenters. The third-order valence-corrected chi connectivity index (χ3v) is 6.44. The third kappa shape index (κ3) is 4.06. The number of hydrogen-bond acceptors (Lipinski definition) is 6. The van der Waals surface area contributed by atoms with E-state index in [0.29, 0.717) is 23.6 Å². The summed E-state index contributed by atoms with van der Waals surface area (Å²) in [4.78, 5) is 14.4. The summed E-state index contributed by atoms with van der Waals surface area (Å²) in [6.45, 7) is 6.49. The number of nitriles is 1. The predicted octanol–water partition coefficient (Wildman–Crippen LogP) is 4.16. The van der Waals surface area contributed by atoms with Crippen molar-refractivity contribution in [3.8, 4) is 6.07 Å². The molecule has 3 heterocycles. The van der Waals surface area contributed by atoms with Crippen LogP contribution in [0.1, 0.15) is 48.8 Å². The number of piperidine rings is 2. The van der Waals surface area contributed by atoms with Crippen molar-refractivity contribution in [2.24, 2.45) is 0 Å². The van der Waals surface area contributed by atoms with Crippen LogP contribution in [-0.2, 0) is 0 Å². The Labute approximate surface area is 173 Å². The molecule has 6 heteroatoms. The quantitative estimate of drug-likeness (QED) is 0.845. The van der Waals surface area contributed by atoms with Crippen LogP contribution in [0.2, 0.25) is 0 Å². The molecule has 29 heavy (non-hydrogen) atoms. The van der Waals surface area contributed by atoms with Crippen molar-refractivity contribution in [2.45, 2.75) is 58.0 Å². The average molecular weight is 391 g/mol. The van der Waals surface area contributed by atoms with Gasteiger partial charge >= 0.3 is 0 Å². The fourth-order valence-corrected chi connectivity index (χ4v) is 4.83. The Morgan fingerprint density at radius 1 is 1.14 bits per heavy atom. The summed E-state index contributed by atoms with van der Waals surface area (Å²) in [5, 5.41) is 12.6. The summed E-state index contributed by atoms with van der Waals surface area (Å²) < 4.78 is 0. The highest BCUT2D eigenvalue weighted by molar-refractivity contribution is 5.60. The van der Waals surface area contributed by atoms with Crippen molar-refractivity contribution in [3.05, 3.63) is 41.1 Å². The maximum absolute atomic E-state index is 9.28. The number of hydrogen-bond donors (Lipinski definition) is 1. The molecule has 0 radical (unpaired) electrons. The Morgan fingerprint density at radius 2 is 1.97 bits per heavy atom. The van der Waals surface area contributed by atoms with Crippen LogP contribution in [0, 0.1) is 25.2 Å². The van der Waals surface area contributed by atoms with Crippen molar-refractivity contribution in [2.75, 3.05) is 30.4 Å². The van der Waals surface area contributed by atoms with Gasteiger partial charge in [-0.15, -0.1) is 0 Å². The minimum absolute atomic E-state index is 0.495. The number of nitrogens with zero attached hydrogens (tertiary/aromatic N) is 5. The number of rotatable bonds is 4. The Bertz CT molecular complexity index is 916. The summed E-state index contributed by atoms with van der Waals surface area (Å²) in [5.74, 6) is 1.56. The van der Waals surface area contributed by atoms with Crippen molar-refractivity contribution >= 4 is 17.5 Å². The minimum atomic E-state index is 0.495. The number of nitrogens with one attached hydrogen (secondary N) is 1. The first-order valence-electron chi connectivity index (χ1n) is 10.6. The molecule has 2 saturated heterocycles. The van der Waals surface area contributed by atoms with Crippen molar-refractivity contribution in [1.29, 1.82) is 5.26 Å². The van der Waals surface area contributed by atoms with Gasteiger partial charge in [0.15, 0.2) is 0 Å². The first-order valence-corrected chi connectivity index (χ1v) is 10.6. The average Bonchev–Trinajstić information content (AvgIpc) is 2.75. The van der Waals surface area contributed by atoms with E-state index < -0.39 is 0 Å². The smallest absolute Gasteiger partial charge is 0.229 e. The maximum atomic E-state index is 9.28. The molecule has 2 aliphatic heterocycles. The van der Waals surface area contributed by atoms with Crippen molar-refractivity contribution in [1.82, 2.24) is 14.9 Å². The van der Waals surface area contributed by atoms with Crippen LogP contribution >= 0.6 is 0 Å². The highest BCUT2D eigenvalue weighted by Crippen LogP contribution is 2.32. The monoisotopic (exact) mass is 390 g/mol. The highest BCUT2D eigenvalue weighted by atomic mass is 15.3. The van der Waals surface area contributed by atoms with E-state index in [1.165, 1.54) is 45.2 Å². The number of likely N-dealkylation sites (N-methyl/N-ethyl adjacent to an activating group) is 1. The van der Waals surface area contributed by atoms with Crippen LogP contribution in [0.4, 0.5) is 17.5 Å². The Hall–Kier alpha value is -2.65. The van der Waals surface area contributed by atoms with E-state index in [-0.39, 0.29) is 0 Å². The fourth-order valence-electron chi connectivity index (χ4n) is 4.83. The number of aromatic nitrogens is 2. The van der Waals surface area contributed by atoms with Crippen LogP contribution in [0.3, 0.4) is 0 Å². The van der Waals surface area contributed by atoms with Crippen LogP contribution in [0.5, 0.6) is 0 Å². The van der Waals surface area contributed by atoms with Crippen molar-refractivity contribution < 1.29 is 0 Å². The van der Waals surface area contributed by atoms with Gasteiger partial charge in [0.05, 0.1) is 11.6 Å². The zero-order valence-electron chi connectivity index (χ0n) is 17.6.